The van der Waals surface area contributed by atoms with Crippen molar-refractivity contribution < 1.29 is 12.8 Å². The molecule has 29 heavy (non-hydrogen) atoms. The van der Waals surface area contributed by atoms with Gasteiger partial charge in [0.05, 0.1) is 22.7 Å². The molecule has 10 heteroatoms. The lowest BCUT2D eigenvalue weighted by atomic mass is 9.97. The van der Waals surface area contributed by atoms with Crippen molar-refractivity contribution in [1.82, 2.24) is 19.1 Å². The fourth-order valence-electron chi connectivity index (χ4n) is 4.05. The number of nitrogens with zero attached hydrogens (tertiary/aromatic N) is 3. The second-order valence-corrected chi connectivity index (χ2v) is 9.64. The third kappa shape index (κ3) is 3.22. The molecule has 1 aliphatic heterocycles. The van der Waals surface area contributed by atoms with Crippen molar-refractivity contribution in [2.45, 2.75) is 37.1 Å². The Balaban J connectivity index is 1.31. The minimum absolute atomic E-state index is 0.0362. The Morgan fingerprint density at radius 1 is 1.14 bits per heavy atom. The summed E-state index contributed by atoms with van der Waals surface area (Å²) in [6, 6.07) is 5.97. The van der Waals surface area contributed by atoms with Gasteiger partial charge in [0.25, 0.3) is 5.56 Å². The number of aromatic amines is 1. The molecular weight excluding hydrogens is 396 g/mol. The van der Waals surface area contributed by atoms with Crippen LogP contribution in [0.5, 0.6) is 0 Å². The number of fused-ring (bicyclic) bond motifs is 2. The predicted molar refractivity (Wildman–Crippen MR) is 104 cm³/mol. The van der Waals surface area contributed by atoms with Crippen LogP contribution in [0.25, 0.3) is 11.1 Å². The number of aryl methyl sites for hydroxylation is 2. The molecule has 9 nitrogen and oxygen atoms in total. The Bertz CT molecular complexity index is 1310. The molecule has 5 rings (SSSR count). The summed E-state index contributed by atoms with van der Waals surface area (Å²) >= 11 is 0. The Morgan fingerprint density at radius 2 is 1.93 bits per heavy atom. The monoisotopic (exact) mass is 416 g/mol. The highest BCUT2D eigenvalue weighted by Crippen LogP contribution is 2.27. The van der Waals surface area contributed by atoms with Crippen molar-refractivity contribution >= 4 is 21.1 Å². The molecule has 0 amide bonds. The molecule has 0 unspecified atom stereocenters. The van der Waals surface area contributed by atoms with Gasteiger partial charge in [-0.1, -0.05) is 0 Å². The van der Waals surface area contributed by atoms with Crippen LogP contribution in [0.2, 0.25) is 0 Å². The zero-order valence-corrected chi connectivity index (χ0v) is 16.4. The maximum atomic E-state index is 12.8. The largest absolute Gasteiger partial charge is 0.417 e. The first-order valence-electron chi connectivity index (χ1n) is 9.63. The Kier molecular flexibility index (Phi) is 4.21. The number of sulfonamides is 1. The standard InChI is InChI=1S/C19H20N4O5S/c24-18-7-13-3-1-2-4-15(13)21-23(18)11-12-9-22(10-12)29(26,27)14-5-6-17-16(8-14)20-19(25)28-17/h5-8,12H,1-4,9-11H2,(H,20,25). The van der Waals surface area contributed by atoms with Crippen LogP contribution >= 0.6 is 0 Å². The lowest BCUT2D eigenvalue weighted by Gasteiger charge is -2.38. The van der Waals surface area contributed by atoms with E-state index in [4.69, 9.17) is 4.42 Å². The quantitative estimate of drug-likeness (QED) is 0.674. The third-order valence-corrected chi connectivity index (χ3v) is 7.48. The van der Waals surface area contributed by atoms with Crippen molar-refractivity contribution in [1.29, 1.82) is 0 Å². The number of aromatic nitrogens is 3. The lowest BCUT2D eigenvalue weighted by Crippen LogP contribution is -2.52. The van der Waals surface area contributed by atoms with Gasteiger partial charge in [0, 0.05) is 25.1 Å². The number of H-pyrrole nitrogens is 1. The van der Waals surface area contributed by atoms with Gasteiger partial charge in [-0.15, -0.1) is 0 Å². The van der Waals surface area contributed by atoms with Gasteiger partial charge in [-0.05, 0) is 49.4 Å². The summed E-state index contributed by atoms with van der Waals surface area (Å²) in [5.41, 5.74) is 2.57. The van der Waals surface area contributed by atoms with E-state index in [0.717, 1.165) is 36.9 Å². The number of oxazole rings is 1. The summed E-state index contributed by atoms with van der Waals surface area (Å²) in [5, 5.41) is 4.51. The fraction of sp³-hybridized carbons (Fsp3) is 0.421. The molecule has 2 aliphatic rings. The molecule has 3 heterocycles. The second kappa shape index (κ2) is 6.67. The fourth-order valence-corrected chi connectivity index (χ4v) is 5.67. The van der Waals surface area contributed by atoms with Crippen LogP contribution in [0.1, 0.15) is 24.1 Å². The van der Waals surface area contributed by atoms with E-state index in [0.29, 0.717) is 30.7 Å². The maximum Gasteiger partial charge on any atom is 0.417 e. The van der Waals surface area contributed by atoms with E-state index >= 15 is 0 Å². The summed E-state index contributed by atoms with van der Waals surface area (Å²) < 4.78 is 33.4. The topological polar surface area (TPSA) is 118 Å². The van der Waals surface area contributed by atoms with Crippen LogP contribution in [0.15, 0.2) is 43.2 Å². The summed E-state index contributed by atoms with van der Waals surface area (Å²) in [4.78, 5) is 26.2. The van der Waals surface area contributed by atoms with Crippen LogP contribution < -0.4 is 11.3 Å². The van der Waals surface area contributed by atoms with Crippen LogP contribution in [0, 0.1) is 5.92 Å². The number of rotatable bonds is 4. The van der Waals surface area contributed by atoms with Crippen molar-refractivity contribution in [2.75, 3.05) is 13.1 Å². The summed E-state index contributed by atoms with van der Waals surface area (Å²) in [5.74, 6) is -0.587. The Labute approximate surface area is 166 Å². The Hall–Kier alpha value is -2.72. The molecule has 3 aromatic rings. The van der Waals surface area contributed by atoms with E-state index in [2.05, 4.69) is 10.1 Å². The van der Waals surface area contributed by atoms with Gasteiger partial charge in [0.15, 0.2) is 5.58 Å². The van der Waals surface area contributed by atoms with Gasteiger partial charge in [-0.2, -0.15) is 9.40 Å². The molecule has 152 valence electrons. The molecule has 1 aromatic carbocycles. The Morgan fingerprint density at radius 3 is 2.76 bits per heavy atom. The normalized spacial score (nSPS) is 17.9. The van der Waals surface area contributed by atoms with E-state index in [1.807, 2.05) is 0 Å². The maximum absolute atomic E-state index is 12.8. The van der Waals surface area contributed by atoms with E-state index in [9.17, 15) is 18.0 Å². The molecular formula is C19H20N4O5S. The molecule has 0 atom stereocenters. The second-order valence-electron chi connectivity index (χ2n) is 7.70. The zero-order chi connectivity index (χ0) is 20.2. The van der Waals surface area contributed by atoms with E-state index in [1.54, 1.807) is 6.07 Å². The highest BCUT2D eigenvalue weighted by atomic mass is 32.2. The van der Waals surface area contributed by atoms with E-state index in [1.165, 1.54) is 27.2 Å². The van der Waals surface area contributed by atoms with Gasteiger partial charge in [0.1, 0.15) is 0 Å². The van der Waals surface area contributed by atoms with Gasteiger partial charge in [-0.25, -0.2) is 17.9 Å². The van der Waals surface area contributed by atoms with Crippen LogP contribution in [0.3, 0.4) is 0 Å². The summed E-state index contributed by atoms with van der Waals surface area (Å²) in [6.45, 7) is 1.06. The average molecular weight is 416 g/mol. The first-order valence-corrected chi connectivity index (χ1v) is 11.1. The summed E-state index contributed by atoms with van der Waals surface area (Å²) in [6.07, 6.45) is 3.96. The third-order valence-electron chi connectivity index (χ3n) is 5.66. The molecule has 1 aliphatic carbocycles. The molecule has 0 bridgehead atoms. The van der Waals surface area contributed by atoms with Gasteiger partial charge < -0.3 is 4.42 Å². The molecule has 0 radical (unpaired) electrons. The molecule has 0 saturated carbocycles. The zero-order valence-electron chi connectivity index (χ0n) is 15.6. The van der Waals surface area contributed by atoms with Crippen LogP contribution in [-0.4, -0.2) is 40.6 Å². The SMILES string of the molecule is O=c1[nH]c2cc(S(=O)(=O)N3CC(Cn4nc5c(cc4=O)CCCC5)C3)ccc2o1. The highest BCUT2D eigenvalue weighted by molar-refractivity contribution is 7.89. The minimum Gasteiger partial charge on any atom is -0.408 e. The van der Waals surface area contributed by atoms with Crippen molar-refractivity contribution in [3.8, 4) is 0 Å². The first kappa shape index (κ1) is 18.3. The van der Waals surface area contributed by atoms with Gasteiger partial charge in [0.2, 0.25) is 10.0 Å². The highest BCUT2D eigenvalue weighted by Gasteiger charge is 2.37. The van der Waals surface area contributed by atoms with E-state index in [-0.39, 0.29) is 16.4 Å². The smallest absolute Gasteiger partial charge is 0.408 e. The molecule has 2 aromatic heterocycles. The molecule has 1 fully saturated rings. The number of nitrogens with one attached hydrogen (secondary N) is 1. The van der Waals surface area contributed by atoms with Gasteiger partial charge in [-0.3, -0.25) is 9.78 Å². The van der Waals surface area contributed by atoms with Crippen molar-refractivity contribution in [2.24, 2.45) is 5.92 Å². The lowest BCUT2D eigenvalue weighted by molar-refractivity contribution is 0.172. The number of hydrogen-bond donors (Lipinski definition) is 1. The van der Waals surface area contributed by atoms with Crippen molar-refractivity contribution in [3.05, 3.63) is 56.4 Å². The summed E-state index contributed by atoms with van der Waals surface area (Å²) in [7, 11) is -3.67. The number of benzene rings is 1. The molecule has 0 spiro atoms. The predicted octanol–water partition coefficient (Wildman–Crippen LogP) is 0.877. The van der Waals surface area contributed by atoms with Gasteiger partial charge >= 0.3 is 5.76 Å². The molecule has 1 saturated heterocycles. The van der Waals surface area contributed by atoms with E-state index < -0.39 is 15.8 Å². The first-order chi connectivity index (χ1) is 13.9. The van der Waals surface area contributed by atoms with Crippen LogP contribution in [-0.2, 0) is 29.4 Å². The number of hydrogen-bond acceptors (Lipinski definition) is 6. The van der Waals surface area contributed by atoms with Crippen LogP contribution in [0.4, 0.5) is 0 Å². The average Bonchev–Trinajstić information content (AvgIpc) is 3.03. The van der Waals surface area contributed by atoms with Crippen molar-refractivity contribution in [3.63, 3.8) is 0 Å². The minimum atomic E-state index is -3.67. The molecule has 1 N–H and O–H groups in total.